The van der Waals surface area contributed by atoms with Crippen LogP contribution in [-0.4, -0.2) is 31.1 Å². The van der Waals surface area contributed by atoms with Gasteiger partial charge in [-0.1, -0.05) is 25.0 Å². The molecule has 0 saturated carbocycles. The first kappa shape index (κ1) is 15.4. The molecule has 1 fully saturated rings. The number of hydrogen-bond donors (Lipinski definition) is 1. The van der Waals surface area contributed by atoms with Gasteiger partial charge in [0.15, 0.2) is 0 Å². The number of rotatable bonds is 3. The van der Waals surface area contributed by atoms with Crippen molar-refractivity contribution in [3.8, 4) is 11.8 Å². The summed E-state index contributed by atoms with van der Waals surface area (Å²) >= 11 is 1.84. The molecule has 1 saturated heterocycles. The molecule has 2 nitrogen and oxygen atoms in total. The third-order valence-electron chi connectivity index (χ3n) is 4.49. The average molecular weight is 312 g/mol. The maximum atomic E-state index is 3.79. The van der Waals surface area contributed by atoms with E-state index < -0.39 is 0 Å². The number of likely N-dealkylation sites (tertiary alicyclic amines) is 1. The molecule has 1 aromatic heterocycles. The van der Waals surface area contributed by atoms with Crippen molar-refractivity contribution in [1.82, 2.24) is 4.90 Å². The molecule has 1 aliphatic heterocycles. The molecule has 0 unspecified atom stereocenters. The third-order valence-corrected chi connectivity index (χ3v) is 5.69. The first-order chi connectivity index (χ1) is 10.7. The van der Waals surface area contributed by atoms with E-state index in [4.69, 9.17) is 0 Å². The number of nitrogens with zero attached hydrogens (tertiary/aromatic N) is 1. The number of anilines is 1. The maximum absolute atomic E-state index is 3.79. The van der Waals surface area contributed by atoms with Crippen molar-refractivity contribution in [1.29, 1.82) is 0 Å². The van der Waals surface area contributed by atoms with Crippen LogP contribution in [0.25, 0.3) is 10.1 Å². The molecule has 2 heterocycles. The molecule has 0 spiro atoms. The fourth-order valence-electron chi connectivity index (χ4n) is 3.22. The second-order valence-corrected chi connectivity index (χ2v) is 7.06. The van der Waals surface area contributed by atoms with Crippen LogP contribution in [0.1, 0.15) is 37.1 Å². The zero-order valence-corrected chi connectivity index (χ0v) is 14.5. The van der Waals surface area contributed by atoms with Crippen molar-refractivity contribution in [3.05, 3.63) is 28.6 Å². The third kappa shape index (κ3) is 2.99. The van der Waals surface area contributed by atoms with E-state index in [9.17, 15) is 0 Å². The lowest BCUT2D eigenvalue weighted by Crippen LogP contribution is -2.36. The van der Waals surface area contributed by atoms with Crippen LogP contribution in [0.15, 0.2) is 18.2 Å². The van der Waals surface area contributed by atoms with Gasteiger partial charge in [0.2, 0.25) is 0 Å². The van der Waals surface area contributed by atoms with Gasteiger partial charge >= 0.3 is 0 Å². The zero-order valence-electron chi connectivity index (χ0n) is 13.7. The minimum absolute atomic E-state index is 0.592. The van der Waals surface area contributed by atoms with Crippen molar-refractivity contribution in [2.75, 3.05) is 25.5 Å². The fraction of sp³-hybridized carbons (Fsp3) is 0.474. The molecule has 3 rings (SSSR count). The first-order valence-corrected chi connectivity index (χ1v) is 8.96. The van der Waals surface area contributed by atoms with E-state index in [1.54, 1.807) is 0 Å². The molecule has 2 aromatic rings. The normalized spacial score (nSPS) is 16.5. The molecular weight excluding hydrogens is 288 g/mol. The molecule has 1 N–H and O–H groups in total. The SMILES string of the molecule is CC#Cc1sc2c(NC3CCN(C)CC3)cccc2c1CC. The molecule has 0 radical (unpaired) electrons. The van der Waals surface area contributed by atoms with Gasteiger partial charge in [0.05, 0.1) is 15.3 Å². The van der Waals surface area contributed by atoms with Gasteiger partial charge in [-0.3, -0.25) is 0 Å². The highest BCUT2D eigenvalue weighted by Gasteiger charge is 2.18. The largest absolute Gasteiger partial charge is 0.381 e. The number of aryl methyl sites for hydroxylation is 1. The molecule has 22 heavy (non-hydrogen) atoms. The zero-order chi connectivity index (χ0) is 15.5. The van der Waals surface area contributed by atoms with Gasteiger partial charge in [0, 0.05) is 6.04 Å². The number of thiophene rings is 1. The second kappa shape index (κ2) is 6.73. The van der Waals surface area contributed by atoms with Crippen LogP contribution in [0.3, 0.4) is 0 Å². The van der Waals surface area contributed by atoms with Crippen LogP contribution in [0.2, 0.25) is 0 Å². The summed E-state index contributed by atoms with van der Waals surface area (Å²) < 4.78 is 1.37. The summed E-state index contributed by atoms with van der Waals surface area (Å²) in [5.74, 6) is 6.35. The van der Waals surface area contributed by atoms with E-state index in [-0.39, 0.29) is 0 Å². The number of nitrogens with one attached hydrogen (secondary N) is 1. The van der Waals surface area contributed by atoms with Gasteiger partial charge in [-0.2, -0.15) is 0 Å². The number of fused-ring (bicyclic) bond motifs is 1. The van der Waals surface area contributed by atoms with Crippen LogP contribution in [0, 0.1) is 11.8 Å². The van der Waals surface area contributed by atoms with Crippen molar-refractivity contribution in [2.24, 2.45) is 0 Å². The predicted molar refractivity (Wildman–Crippen MR) is 97.9 cm³/mol. The molecular formula is C19H24N2S. The molecule has 3 heteroatoms. The summed E-state index contributed by atoms with van der Waals surface area (Å²) in [4.78, 5) is 3.64. The van der Waals surface area contributed by atoms with Gasteiger partial charge in [-0.25, -0.2) is 0 Å². The first-order valence-electron chi connectivity index (χ1n) is 8.15. The quantitative estimate of drug-likeness (QED) is 0.848. The Morgan fingerprint density at radius 2 is 2.09 bits per heavy atom. The fourth-order valence-corrected chi connectivity index (χ4v) is 4.50. The van der Waals surface area contributed by atoms with Crippen molar-refractivity contribution in [3.63, 3.8) is 0 Å². The van der Waals surface area contributed by atoms with Gasteiger partial charge in [-0.15, -0.1) is 17.3 Å². The number of hydrogen-bond acceptors (Lipinski definition) is 3. The van der Waals surface area contributed by atoms with Crippen molar-refractivity contribution < 1.29 is 0 Å². The summed E-state index contributed by atoms with van der Waals surface area (Å²) in [7, 11) is 2.21. The molecule has 116 valence electrons. The predicted octanol–water partition coefficient (Wildman–Crippen LogP) is 4.34. The summed E-state index contributed by atoms with van der Waals surface area (Å²) in [6.07, 6.45) is 3.49. The summed E-state index contributed by atoms with van der Waals surface area (Å²) in [6, 6.07) is 7.23. The number of piperidine rings is 1. The highest BCUT2D eigenvalue weighted by molar-refractivity contribution is 7.20. The topological polar surface area (TPSA) is 15.3 Å². The Kier molecular flexibility index (Phi) is 4.71. The van der Waals surface area contributed by atoms with E-state index in [0.29, 0.717) is 6.04 Å². The Hall–Kier alpha value is -1.50. The second-order valence-electron chi connectivity index (χ2n) is 6.04. The lowest BCUT2D eigenvalue weighted by molar-refractivity contribution is 0.264. The van der Waals surface area contributed by atoms with E-state index in [2.05, 4.69) is 54.2 Å². The Bertz CT molecular complexity index is 712. The molecule has 0 amide bonds. The van der Waals surface area contributed by atoms with Crippen LogP contribution < -0.4 is 5.32 Å². The van der Waals surface area contributed by atoms with Crippen molar-refractivity contribution in [2.45, 2.75) is 39.2 Å². The molecule has 1 aliphatic rings. The van der Waals surface area contributed by atoms with Crippen LogP contribution >= 0.6 is 11.3 Å². The average Bonchev–Trinajstić information content (AvgIpc) is 2.88. The van der Waals surface area contributed by atoms with Gasteiger partial charge in [0.25, 0.3) is 0 Å². The Balaban J connectivity index is 1.94. The molecule has 0 bridgehead atoms. The lowest BCUT2D eigenvalue weighted by Gasteiger charge is -2.30. The Labute approximate surface area is 137 Å². The minimum Gasteiger partial charge on any atom is -0.381 e. The van der Waals surface area contributed by atoms with Crippen LogP contribution in [-0.2, 0) is 6.42 Å². The van der Waals surface area contributed by atoms with E-state index in [1.165, 1.54) is 52.1 Å². The Morgan fingerprint density at radius 3 is 2.77 bits per heavy atom. The van der Waals surface area contributed by atoms with Gasteiger partial charge in [0.1, 0.15) is 0 Å². The highest BCUT2D eigenvalue weighted by Crippen LogP contribution is 2.37. The monoisotopic (exact) mass is 312 g/mol. The highest BCUT2D eigenvalue weighted by atomic mass is 32.1. The number of benzene rings is 1. The van der Waals surface area contributed by atoms with Crippen LogP contribution in [0.4, 0.5) is 5.69 Å². The standard InChI is InChI=1S/C19H24N2S/c1-4-7-18-15(5-2)16-8-6-9-17(19(16)22-18)20-14-10-12-21(3)13-11-14/h6,8-9,14,20H,5,10-13H2,1-3H3. The van der Waals surface area contributed by atoms with Crippen molar-refractivity contribution >= 4 is 27.1 Å². The maximum Gasteiger partial charge on any atom is 0.0813 e. The summed E-state index contributed by atoms with van der Waals surface area (Å²) in [5, 5.41) is 5.16. The van der Waals surface area contributed by atoms with Crippen LogP contribution in [0.5, 0.6) is 0 Å². The van der Waals surface area contributed by atoms with E-state index in [0.717, 1.165) is 6.42 Å². The van der Waals surface area contributed by atoms with Gasteiger partial charge in [-0.05, 0) is 63.3 Å². The smallest absolute Gasteiger partial charge is 0.0813 e. The van der Waals surface area contributed by atoms with E-state index in [1.807, 2.05) is 18.3 Å². The molecule has 0 aliphatic carbocycles. The lowest BCUT2D eigenvalue weighted by atomic mass is 10.0. The minimum atomic E-state index is 0.592. The van der Waals surface area contributed by atoms with Gasteiger partial charge < -0.3 is 10.2 Å². The molecule has 0 atom stereocenters. The Morgan fingerprint density at radius 1 is 1.32 bits per heavy atom. The summed E-state index contributed by atoms with van der Waals surface area (Å²) in [6.45, 7) is 6.51. The summed E-state index contributed by atoms with van der Waals surface area (Å²) in [5.41, 5.74) is 2.69. The van der Waals surface area contributed by atoms with E-state index >= 15 is 0 Å². The molecule has 1 aromatic carbocycles.